The molecular formula is C65H65N3O2. The summed E-state index contributed by atoms with van der Waals surface area (Å²) >= 11 is 0. The van der Waals surface area contributed by atoms with Crippen LogP contribution in [0.25, 0.3) is 94.7 Å². The van der Waals surface area contributed by atoms with Crippen molar-refractivity contribution in [1.82, 2.24) is 14.5 Å². The number of rotatable bonds is 7. The topological polar surface area (TPSA) is 64.1 Å². The third-order valence-electron chi connectivity index (χ3n) is 13.7. The summed E-state index contributed by atoms with van der Waals surface area (Å²) < 4.78 is 9.07. The summed E-state index contributed by atoms with van der Waals surface area (Å²) in [5.74, 6) is 1.74. The van der Waals surface area contributed by atoms with Gasteiger partial charge in [-0.15, -0.1) is 0 Å². The van der Waals surface area contributed by atoms with Gasteiger partial charge in [0.05, 0.1) is 22.3 Å². The average Bonchev–Trinajstić information content (AvgIpc) is 3.93. The Labute approximate surface area is 413 Å². The number of phenols is 1. The number of para-hydroxylation sites is 1. The molecule has 5 heteroatoms. The number of furan rings is 1. The van der Waals surface area contributed by atoms with Crippen molar-refractivity contribution < 1.29 is 9.52 Å². The van der Waals surface area contributed by atoms with E-state index in [-0.39, 0.29) is 27.4 Å². The van der Waals surface area contributed by atoms with Gasteiger partial charge in [-0.1, -0.05) is 186 Å². The summed E-state index contributed by atoms with van der Waals surface area (Å²) in [6.45, 7) is 26.8. The molecule has 0 unspecified atom stereocenters. The molecule has 0 amide bonds. The molecule has 0 radical (unpaired) electrons. The summed E-state index contributed by atoms with van der Waals surface area (Å²) in [5.41, 5.74) is 15.3. The Balaban J connectivity index is 1.24. The minimum absolute atomic E-state index is 0.0873. The highest BCUT2D eigenvalue weighted by atomic mass is 16.3. The lowest BCUT2D eigenvalue weighted by Gasteiger charge is -2.28. The molecule has 5 nitrogen and oxygen atoms in total. The van der Waals surface area contributed by atoms with Gasteiger partial charge in [-0.2, -0.15) is 0 Å². The number of hydrogen-bond donors (Lipinski definition) is 1. The molecule has 352 valence electrons. The first-order chi connectivity index (χ1) is 33.1. The number of phenolic OH excluding ortho intramolecular Hbond substituents is 1. The van der Waals surface area contributed by atoms with Crippen LogP contribution in [0.3, 0.4) is 0 Å². The predicted molar refractivity (Wildman–Crippen MR) is 294 cm³/mol. The third-order valence-corrected chi connectivity index (χ3v) is 13.7. The smallest absolute Gasteiger partial charge is 0.161 e. The maximum absolute atomic E-state index is 12.6. The molecule has 1 N–H and O–H groups in total. The van der Waals surface area contributed by atoms with E-state index in [1.807, 2.05) is 12.3 Å². The van der Waals surface area contributed by atoms with Gasteiger partial charge in [0, 0.05) is 39.4 Å². The Bertz CT molecular complexity index is 3600. The second-order valence-corrected chi connectivity index (χ2v) is 23.6. The van der Waals surface area contributed by atoms with Crippen LogP contribution in [-0.2, 0) is 22.7 Å². The van der Waals surface area contributed by atoms with Gasteiger partial charge < -0.3 is 9.52 Å². The summed E-state index contributed by atoms with van der Waals surface area (Å²) in [5, 5.41) is 15.8. The van der Waals surface area contributed by atoms with Gasteiger partial charge in [0.1, 0.15) is 23.0 Å². The molecule has 3 aromatic heterocycles. The van der Waals surface area contributed by atoms with Crippen molar-refractivity contribution in [3.63, 3.8) is 0 Å². The SMILES string of the molecule is CC(C)(C)Cc1ccc(-c2cc3ccnc(-c4cc(-c5cccc6c5nc(-c5cc(C(C)(C)C)cc(C(C)(C)C)c5O)n6-c5ccc(C(C)(C)C)cc5-c5ccccc5)c5ccccc5c4)c3o2)cc1. The first-order valence-electron chi connectivity index (χ1n) is 24.7. The zero-order valence-electron chi connectivity index (χ0n) is 42.9. The molecule has 3 heterocycles. The molecule has 0 fully saturated rings. The van der Waals surface area contributed by atoms with Crippen LogP contribution < -0.4 is 0 Å². The van der Waals surface area contributed by atoms with Crippen LogP contribution >= 0.6 is 0 Å². The molecule has 10 aromatic rings. The summed E-state index contributed by atoms with van der Waals surface area (Å²) in [7, 11) is 0. The average molecular weight is 920 g/mol. The van der Waals surface area contributed by atoms with E-state index in [1.54, 1.807) is 0 Å². The van der Waals surface area contributed by atoms with Gasteiger partial charge in [0.25, 0.3) is 0 Å². The van der Waals surface area contributed by atoms with Crippen molar-refractivity contribution in [1.29, 1.82) is 0 Å². The molecule has 0 aliphatic heterocycles. The van der Waals surface area contributed by atoms with Crippen molar-refractivity contribution in [2.24, 2.45) is 5.41 Å². The molecule has 7 aromatic carbocycles. The summed E-state index contributed by atoms with van der Waals surface area (Å²) in [6.07, 6.45) is 2.89. The number of hydrogen-bond acceptors (Lipinski definition) is 4. The van der Waals surface area contributed by atoms with E-state index in [1.165, 1.54) is 11.1 Å². The second-order valence-electron chi connectivity index (χ2n) is 23.6. The predicted octanol–water partition coefficient (Wildman–Crippen LogP) is 17.8. The fraction of sp³-hybridized carbons (Fsp3) is 0.262. The fourth-order valence-electron chi connectivity index (χ4n) is 9.98. The van der Waals surface area contributed by atoms with Crippen LogP contribution in [0.4, 0.5) is 0 Å². The van der Waals surface area contributed by atoms with Crippen molar-refractivity contribution in [2.45, 2.75) is 106 Å². The molecule has 0 spiro atoms. The molecule has 0 aliphatic rings. The zero-order valence-corrected chi connectivity index (χ0v) is 42.9. The highest BCUT2D eigenvalue weighted by Crippen LogP contribution is 2.47. The van der Waals surface area contributed by atoms with Crippen molar-refractivity contribution >= 4 is 32.8 Å². The number of aromatic hydroxyl groups is 1. The van der Waals surface area contributed by atoms with Gasteiger partial charge in [-0.05, 0) is 115 Å². The normalized spacial score (nSPS) is 12.7. The van der Waals surface area contributed by atoms with Gasteiger partial charge in [0.15, 0.2) is 5.58 Å². The van der Waals surface area contributed by atoms with Crippen molar-refractivity contribution in [3.8, 4) is 67.7 Å². The quantitative estimate of drug-likeness (QED) is 0.173. The lowest BCUT2D eigenvalue weighted by Crippen LogP contribution is -2.17. The molecule has 0 bridgehead atoms. The maximum Gasteiger partial charge on any atom is 0.161 e. The Morgan fingerprint density at radius 3 is 1.93 bits per heavy atom. The van der Waals surface area contributed by atoms with Crippen LogP contribution in [0.1, 0.15) is 105 Å². The Morgan fingerprint density at radius 1 is 0.529 bits per heavy atom. The molecule has 0 atom stereocenters. The van der Waals surface area contributed by atoms with Gasteiger partial charge in [-0.25, -0.2) is 4.98 Å². The lowest BCUT2D eigenvalue weighted by molar-refractivity contribution is 0.411. The minimum atomic E-state index is -0.340. The van der Waals surface area contributed by atoms with E-state index >= 15 is 0 Å². The lowest BCUT2D eigenvalue weighted by atomic mass is 9.79. The van der Waals surface area contributed by atoms with Crippen LogP contribution in [-0.4, -0.2) is 19.6 Å². The zero-order chi connectivity index (χ0) is 49.5. The molecule has 70 heavy (non-hydrogen) atoms. The summed E-state index contributed by atoms with van der Waals surface area (Å²) in [4.78, 5) is 10.8. The Kier molecular flexibility index (Phi) is 11.3. The molecule has 0 saturated heterocycles. The number of fused-ring (bicyclic) bond motifs is 3. The first-order valence-corrected chi connectivity index (χ1v) is 24.7. The summed E-state index contributed by atoms with van der Waals surface area (Å²) in [6, 6.07) is 54.3. The fourth-order valence-corrected chi connectivity index (χ4v) is 9.98. The van der Waals surface area contributed by atoms with Gasteiger partial charge in [0.2, 0.25) is 0 Å². The van der Waals surface area contributed by atoms with E-state index in [2.05, 4.69) is 233 Å². The van der Waals surface area contributed by atoms with E-state index in [4.69, 9.17) is 14.4 Å². The molecule has 0 aliphatic carbocycles. The standard InChI is InChI=1S/C65H65N3O2/c1-62(2,3)39-40-25-27-42(28-26-40)56-35-44-31-32-66-57(60(44)70-56)45-33-43-21-16-17-22-48(43)51(34-45)49-23-18-24-55-58(49)67-61(52-37-47(64(7,8)9)38-53(59(52)69)65(10,11)12)68(55)54-30-29-46(63(4,5)6)36-50(54)41-19-14-13-15-20-41/h13-38,69H,39H2,1-12H3. The van der Waals surface area contributed by atoms with E-state index in [0.29, 0.717) is 11.4 Å². The molecule has 10 rings (SSSR count). The van der Waals surface area contributed by atoms with Gasteiger partial charge in [-0.3, -0.25) is 9.55 Å². The van der Waals surface area contributed by atoms with Crippen LogP contribution in [0.2, 0.25) is 0 Å². The van der Waals surface area contributed by atoms with Crippen LogP contribution in [0.15, 0.2) is 162 Å². The minimum Gasteiger partial charge on any atom is -0.507 e. The molecular weight excluding hydrogens is 855 g/mol. The van der Waals surface area contributed by atoms with Crippen molar-refractivity contribution in [2.75, 3.05) is 0 Å². The number of benzene rings is 7. The van der Waals surface area contributed by atoms with E-state index in [0.717, 1.165) is 101 Å². The monoisotopic (exact) mass is 920 g/mol. The number of nitrogens with zero attached hydrogens (tertiary/aromatic N) is 3. The number of pyridine rings is 1. The number of aromatic nitrogens is 3. The maximum atomic E-state index is 12.6. The Morgan fingerprint density at radius 2 is 1.23 bits per heavy atom. The number of imidazole rings is 1. The van der Waals surface area contributed by atoms with Crippen molar-refractivity contribution in [3.05, 3.63) is 180 Å². The largest absolute Gasteiger partial charge is 0.507 e. The third kappa shape index (κ3) is 8.72. The second kappa shape index (κ2) is 17.0. The Hall–Kier alpha value is -7.24. The van der Waals surface area contributed by atoms with E-state index in [9.17, 15) is 5.11 Å². The first kappa shape index (κ1) is 46.5. The molecule has 0 saturated carbocycles. The van der Waals surface area contributed by atoms with E-state index < -0.39 is 0 Å². The van der Waals surface area contributed by atoms with Crippen LogP contribution in [0, 0.1) is 5.41 Å². The highest BCUT2D eigenvalue weighted by Gasteiger charge is 2.30. The van der Waals surface area contributed by atoms with Gasteiger partial charge >= 0.3 is 0 Å². The van der Waals surface area contributed by atoms with Crippen LogP contribution in [0.5, 0.6) is 5.75 Å². The highest BCUT2D eigenvalue weighted by molar-refractivity contribution is 6.08.